The Labute approximate surface area is 109 Å². The van der Waals surface area contributed by atoms with Crippen molar-refractivity contribution in [2.75, 3.05) is 18.8 Å². The summed E-state index contributed by atoms with van der Waals surface area (Å²) in [5.74, 6) is 0.640. The van der Waals surface area contributed by atoms with Gasteiger partial charge in [0.2, 0.25) is 0 Å². The molecule has 0 saturated carbocycles. The highest BCUT2D eigenvalue weighted by atomic mass is 79.9. The third kappa shape index (κ3) is 10.4. The SMILES string of the molecule is CCNCCCSO.Fc1ccc(Br)cc1. The van der Waals surface area contributed by atoms with Crippen molar-refractivity contribution in [2.24, 2.45) is 0 Å². The molecular weight excluding hydrogens is 293 g/mol. The second-order valence-electron chi connectivity index (χ2n) is 2.98. The molecule has 1 aromatic rings. The Bertz CT molecular complexity index is 232. The van der Waals surface area contributed by atoms with Gasteiger partial charge in [-0.2, -0.15) is 0 Å². The summed E-state index contributed by atoms with van der Waals surface area (Å²) < 4.78 is 21.2. The van der Waals surface area contributed by atoms with Crippen molar-refractivity contribution in [1.29, 1.82) is 0 Å². The van der Waals surface area contributed by atoms with Gasteiger partial charge in [0.15, 0.2) is 0 Å². The van der Waals surface area contributed by atoms with Gasteiger partial charge in [0.1, 0.15) is 5.82 Å². The second kappa shape index (κ2) is 11.4. The van der Waals surface area contributed by atoms with E-state index in [1.165, 1.54) is 12.1 Å². The van der Waals surface area contributed by atoms with Crippen LogP contribution in [0.15, 0.2) is 28.7 Å². The Hall–Kier alpha value is -0.100. The van der Waals surface area contributed by atoms with Crippen molar-refractivity contribution in [3.8, 4) is 0 Å². The summed E-state index contributed by atoms with van der Waals surface area (Å²) in [6.07, 6.45) is 1.05. The fourth-order valence-corrected chi connectivity index (χ4v) is 1.41. The lowest BCUT2D eigenvalue weighted by atomic mass is 10.4. The van der Waals surface area contributed by atoms with Crippen LogP contribution in [-0.4, -0.2) is 23.4 Å². The van der Waals surface area contributed by atoms with Crippen molar-refractivity contribution >= 4 is 28.0 Å². The first-order chi connectivity index (χ1) is 7.70. The summed E-state index contributed by atoms with van der Waals surface area (Å²) in [5.41, 5.74) is 0. The van der Waals surface area contributed by atoms with Crippen LogP contribution in [0.2, 0.25) is 0 Å². The fraction of sp³-hybridized carbons (Fsp3) is 0.455. The molecule has 0 aliphatic heterocycles. The summed E-state index contributed by atoms with van der Waals surface area (Å²) in [4.78, 5) is 0. The maximum atomic E-state index is 12.1. The molecule has 5 heteroatoms. The maximum absolute atomic E-state index is 12.1. The summed E-state index contributed by atoms with van der Waals surface area (Å²) in [5, 5.41) is 3.16. The molecule has 16 heavy (non-hydrogen) atoms. The van der Waals surface area contributed by atoms with Crippen LogP contribution in [0.1, 0.15) is 13.3 Å². The van der Waals surface area contributed by atoms with Gasteiger partial charge in [0, 0.05) is 10.2 Å². The molecule has 0 amide bonds. The normalized spacial score (nSPS) is 9.50. The number of nitrogens with one attached hydrogen (secondary N) is 1. The van der Waals surface area contributed by atoms with Crippen molar-refractivity contribution in [3.05, 3.63) is 34.6 Å². The summed E-state index contributed by atoms with van der Waals surface area (Å²) in [7, 11) is 0. The molecule has 0 spiro atoms. The second-order valence-corrected chi connectivity index (χ2v) is 4.56. The molecule has 0 fully saturated rings. The predicted octanol–water partition coefficient (Wildman–Crippen LogP) is 3.78. The number of hydrogen-bond acceptors (Lipinski definition) is 3. The molecule has 0 saturated heterocycles. The maximum Gasteiger partial charge on any atom is 0.123 e. The van der Waals surface area contributed by atoms with Gasteiger partial charge in [0.05, 0.1) is 0 Å². The first-order valence-electron chi connectivity index (χ1n) is 5.08. The van der Waals surface area contributed by atoms with E-state index in [-0.39, 0.29) is 5.82 Å². The summed E-state index contributed by atoms with van der Waals surface area (Å²) >= 11 is 4.09. The molecule has 2 nitrogen and oxygen atoms in total. The molecular formula is C11H17BrFNOS. The largest absolute Gasteiger partial charge is 0.330 e. The highest BCUT2D eigenvalue weighted by Crippen LogP contribution is 2.08. The molecule has 0 unspecified atom stereocenters. The van der Waals surface area contributed by atoms with Gasteiger partial charge in [-0.05, 0) is 55.8 Å². The number of halogens is 2. The van der Waals surface area contributed by atoms with E-state index in [9.17, 15) is 4.39 Å². The molecule has 1 rings (SSSR count). The highest BCUT2D eigenvalue weighted by molar-refractivity contribution is 9.10. The molecule has 0 heterocycles. The van der Waals surface area contributed by atoms with Gasteiger partial charge < -0.3 is 9.87 Å². The van der Waals surface area contributed by atoms with Crippen LogP contribution >= 0.6 is 28.0 Å². The van der Waals surface area contributed by atoms with E-state index in [2.05, 4.69) is 28.2 Å². The lowest BCUT2D eigenvalue weighted by Gasteiger charge is -1.96. The van der Waals surface area contributed by atoms with Gasteiger partial charge in [-0.15, -0.1) is 0 Å². The Morgan fingerprint density at radius 2 is 2.00 bits per heavy atom. The Balaban J connectivity index is 0.000000281. The predicted molar refractivity (Wildman–Crippen MR) is 72.3 cm³/mol. The van der Waals surface area contributed by atoms with Gasteiger partial charge in [-0.1, -0.05) is 22.9 Å². The molecule has 0 aliphatic carbocycles. The molecule has 92 valence electrons. The topological polar surface area (TPSA) is 32.3 Å². The van der Waals surface area contributed by atoms with E-state index in [0.717, 1.165) is 41.8 Å². The van der Waals surface area contributed by atoms with Crippen LogP contribution < -0.4 is 5.32 Å². The van der Waals surface area contributed by atoms with E-state index in [4.69, 9.17) is 4.55 Å². The first kappa shape index (κ1) is 15.9. The molecule has 1 aromatic carbocycles. The van der Waals surface area contributed by atoms with E-state index in [1.54, 1.807) is 12.1 Å². The zero-order valence-corrected chi connectivity index (χ0v) is 11.7. The van der Waals surface area contributed by atoms with Crippen LogP contribution in [0.4, 0.5) is 4.39 Å². The summed E-state index contributed by atoms with van der Waals surface area (Å²) in [6, 6.07) is 6.14. The van der Waals surface area contributed by atoms with Gasteiger partial charge in [-0.25, -0.2) is 4.39 Å². The molecule has 2 N–H and O–H groups in total. The molecule has 0 aromatic heterocycles. The smallest absolute Gasteiger partial charge is 0.123 e. The quantitative estimate of drug-likeness (QED) is 0.641. The number of benzene rings is 1. The monoisotopic (exact) mass is 309 g/mol. The average molecular weight is 310 g/mol. The van der Waals surface area contributed by atoms with Crippen LogP contribution in [0.5, 0.6) is 0 Å². The van der Waals surface area contributed by atoms with Gasteiger partial charge in [0.25, 0.3) is 0 Å². The minimum atomic E-state index is -0.201. The van der Waals surface area contributed by atoms with Crippen LogP contribution in [0.3, 0.4) is 0 Å². The van der Waals surface area contributed by atoms with E-state index < -0.39 is 0 Å². The number of hydrogen-bond donors (Lipinski definition) is 2. The third-order valence-corrected chi connectivity index (χ3v) is 2.64. The number of rotatable bonds is 5. The standard InChI is InChI=1S/C6H4BrF.C5H13NOS/c7-5-1-3-6(8)4-2-5;1-2-6-4-3-5-8-7/h1-4H;6-7H,2-5H2,1H3. The molecule has 0 atom stereocenters. The average Bonchev–Trinajstić information content (AvgIpc) is 2.30. The minimum absolute atomic E-state index is 0.201. The van der Waals surface area contributed by atoms with Crippen molar-refractivity contribution in [1.82, 2.24) is 5.32 Å². The van der Waals surface area contributed by atoms with E-state index >= 15 is 0 Å². The zero-order chi connectivity index (χ0) is 12.2. The van der Waals surface area contributed by atoms with E-state index in [1.807, 2.05) is 0 Å². The van der Waals surface area contributed by atoms with Crippen LogP contribution in [-0.2, 0) is 0 Å². The minimum Gasteiger partial charge on any atom is -0.330 e. The van der Waals surface area contributed by atoms with Crippen molar-refractivity contribution < 1.29 is 8.94 Å². The van der Waals surface area contributed by atoms with Crippen LogP contribution in [0, 0.1) is 5.82 Å². The third-order valence-electron chi connectivity index (χ3n) is 1.64. The van der Waals surface area contributed by atoms with Crippen molar-refractivity contribution in [2.45, 2.75) is 13.3 Å². The Morgan fingerprint density at radius 1 is 1.38 bits per heavy atom. The summed E-state index contributed by atoms with van der Waals surface area (Å²) in [6.45, 7) is 4.12. The molecule has 0 aliphatic rings. The first-order valence-corrected chi connectivity index (χ1v) is 6.82. The zero-order valence-electron chi connectivity index (χ0n) is 9.25. The molecule has 0 radical (unpaired) electrons. The lowest BCUT2D eigenvalue weighted by Crippen LogP contribution is -2.14. The van der Waals surface area contributed by atoms with Crippen molar-refractivity contribution in [3.63, 3.8) is 0 Å². The van der Waals surface area contributed by atoms with Gasteiger partial charge in [-0.3, -0.25) is 0 Å². The highest BCUT2D eigenvalue weighted by Gasteiger charge is 1.85. The molecule has 0 bridgehead atoms. The Kier molecular flexibility index (Phi) is 11.3. The lowest BCUT2D eigenvalue weighted by molar-refractivity contribution is 0.627. The Morgan fingerprint density at radius 3 is 2.44 bits per heavy atom. The van der Waals surface area contributed by atoms with Gasteiger partial charge >= 0.3 is 0 Å². The fourth-order valence-electron chi connectivity index (χ4n) is 0.868. The van der Waals surface area contributed by atoms with E-state index in [0.29, 0.717) is 0 Å². The van der Waals surface area contributed by atoms with Crippen LogP contribution in [0.25, 0.3) is 0 Å².